The van der Waals surface area contributed by atoms with Crippen molar-refractivity contribution in [1.82, 2.24) is 14.5 Å². The molecule has 2 aromatic carbocycles. The van der Waals surface area contributed by atoms with Gasteiger partial charge in [-0.1, -0.05) is 42.5 Å². The molecule has 3 heterocycles. The van der Waals surface area contributed by atoms with Crippen molar-refractivity contribution in [1.29, 1.82) is 0 Å². The van der Waals surface area contributed by atoms with Gasteiger partial charge in [-0.2, -0.15) is 0 Å². The molecule has 1 fully saturated rings. The lowest BCUT2D eigenvalue weighted by atomic mass is 10.0. The lowest BCUT2D eigenvalue weighted by Crippen LogP contribution is -2.27. The Labute approximate surface area is 190 Å². The molecular formula is C26H21N3O2S. The van der Waals surface area contributed by atoms with Crippen molar-refractivity contribution in [2.24, 2.45) is 0 Å². The van der Waals surface area contributed by atoms with E-state index < -0.39 is 0 Å². The first-order chi connectivity index (χ1) is 15.5. The number of pyridine rings is 1. The third-order valence-electron chi connectivity index (χ3n) is 5.76. The van der Waals surface area contributed by atoms with Crippen LogP contribution < -0.4 is 0 Å². The summed E-state index contributed by atoms with van der Waals surface area (Å²) in [5, 5.41) is 1.91. The molecule has 0 unspecified atom stereocenters. The summed E-state index contributed by atoms with van der Waals surface area (Å²) < 4.78 is 2.12. The van der Waals surface area contributed by atoms with E-state index in [4.69, 9.17) is 0 Å². The summed E-state index contributed by atoms with van der Waals surface area (Å²) in [6, 6.07) is 19.9. The molecule has 1 aliphatic heterocycles. The maximum atomic E-state index is 13.1. The van der Waals surface area contributed by atoms with E-state index in [9.17, 15) is 9.59 Å². The fraction of sp³-hybridized carbons (Fsp3) is 0.115. The zero-order valence-electron chi connectivity index (χ0n) is 17.8. The van der Waals surface area contributed by atoms with Gasteiger partial charge in [0.2, 0.25) is 0 Å². The van der Waals surface area contributed by atoms with Crippen molar-refractivity contribution in [3.05, 3.63) is 100 Å². The maximum absolute atomic E-state index is 13.1. The minimum Gasteiger partial charge on any atom is -0.318 e. The summed E-state index contributed by atoms with van der Waals surface area (Å²) >= 11 is 1.00. The van der Waals surface area contributed by atoms with E-state index in [0.29, 0.717) is 4.91 Å². The summed E-state index contributed by atoms with van der Waals surface area (Å²) in [6.07, 6.45) is 5.34. The number of aryl methyl sites for hydroxylation is 1. The molecule has 2 aromatic heterocycles. The zero-order valence-corrected chi connectivity index (χ0v) is 18.6. The van der Waals surface area contributed by atoms with Crippen LogP contribution in [0.15, 0.2) is 78.0 Å². The second-order valence-electron chi connectivity index (χ2n) is 7.77. The van der Waals surface area contributed by atoms with Gasteiger partial charge in [-0.25, -0.2) is 0 Å². The average Bonchev–Trinajstić information content (AvgIpc) is 3.23. The first-order valence-electron chi connectivity index (χ1n) is 10.3. The van der Waals surface area contributed by atoms with Crippen molar-refractivity contribution < 1.29 is 9.59 Å². The molecule has 158 valence electrons. The van der Waals surface area contributed by atoms with Gasteiger partial charge in [-0.15, -0.1) is 0 Å². The van der Waals surface area contributed by atoms with Gasteiger partial charge < -0.3 is 4.57 Å². The molecule has 0 saturated carbocycles. The topological polar surface area (TPSA) is 55.2 Å². The maximum Gasteiger partial charge on any atom is 0.293 e. The molecular weight excluding hydrogens is 418 g/mol. The van der Waals surface area contributed by atoms with Gasteiger partial charge in [0.15, 0.2) is 0 Å². The SMILES string of the molecule is Cc1cc(/C=C2/SC(=O)N(Cc3cccc4ccccc34)C2=O)c(C)n1-c1ccncc1. The monoisotopic (exact) mass is 439 g/mol. The van der Waals surface area contributed by atoms with Crippen LogP contribution >= 0.6 is 11.8 Å². The van der Waals surface area contributed by atoms with E-state index in [-0.39, 0.29) is 17.7 Å². The van der Waals surface area contributed by atoms with Crippen LogP contribution in [0.25, 0.3) is 22.5 Å². The van der Waals surface area contributed by atoms with Gasteiger partial charge in [0, 0.05) is 29.5 Å². The zero-order chi connectivity index (χ0) is 22.2. The minimum absolute atomic E-state index is 0.239. The molecule has 6 heteroatoms. The van der Waals surface area contributed by atoms with E-state index in [1.54, 1.807) is 12.4 Å². The Bertz CT molecular complexity index is 1380. The highest BCUT2D eigenvalue weighted by Gasteiger charge is 2.35. The number of rotatable bonds is 4. The van der Waals surface area contributed by atoms with E-state index in [2.05, 4.69) is 9.55 Å². The Hall–Kier alpha value is -3.64. The summed E-state index contributed by atoms with van der Waals surface area (Å²) in [5.74, 6) is -0.248. The predicted molar refractivity (Wildman–Crippen MR) is 128 cm³/mol. The molecule has 4 aromatic rings. The van der Waals surface area contributed by atoms with Crippen LogP contribution in [0.4, 0.5) is 4.79 Å². The number of aromatic nitrogens is 2. The molecule has 1 aliphatic rings. The highest BCUT2D eigenvalue weighted by molar-refractivity contribution is 8.18. The molecule has 0 spiro atoms. The number of carbonyl (C=O) groups is 2. The van der Waals surface area contributed by atoms with Crippen LogP contribution in [0, 0.1) is 13.8 Å². The highest BCUT2D eigenvalue weighted by atomic mass is 32.2. The van der Waals surface area contributed by atoms with Crippen molar-refractivity contribution in [2.45, 2.75) is 20.4 Å². The Morgan fingerprint density at radius 2 is 1.72 bits per heavy atom. The third-order valence-corrected chi connectivity index (χ3v) is 6.67. The second-order valence-corrected chi connectivity index (χ2v) is 8.77. The number of thioether (sulfide) groups is 1. The van der Waals surface area contributed by atoms with E-state index in [0.717, 1.165) is 50.7 Å². The molecule has 0 aliphatic carbocycles. The number of nitrogens with zero attached hydrogens (tertiary/aromatic N) is 3. The lowest BCUT2D eigenvalue weighted by molar-refractivity contribution is -0.123. The van der Waals surface area contributed by atoms with Gasteiger partial charge in [0.05, 0.1) is 11.4 Å². The number of imide groups is 1. The molecule has 5 rings (SSSR count). The fourth-order valence-corrected chi connectivity index (χ4v) is 5.03. The van der Waals surface area contributed by atoms with Gasteiger partial charge in [-0.05, 0) is 71.8 Å². The molecule has 0 N–H and O–H groups in total. The lowest BCUT2D eigenvalue weighted by Gasteiger charge is -2.14. The van der Waals surface area contributed by atoms with Crippen LogP contribution in [0.3, 0.4) is 0 Å². The molecule has 1 saturated heterocycles. The number of hydrogen-bond acceptors (Lipinski definition) is 4. The van der Waals surface area contributed by atoms with Gasteiger partial charge >= 0.3 is 0 Å². The number of amides is 2. The van der Waals surface area contributed by atoms with Crippen molar-refractivity contribution >= 4 is 39.8 Å². The van der Waals surface area contributed by atoms with Crippen LogP contribution in [-0.2, 0) is 11.3 Å². The van der Waals surface area contributed by atoms with Crippen LogP contribution in [-0.4, -0.2) is 25.6 Å². The molecule has 0 atom stereocenters. The fourth-order valence-electron chi connectivity index (χ4n) is 4.20. The highest BCUT2D eigenvalue weighted by Crippen LogP contribution is 2.35. The second kappa shape index (κ2) is 8.13. The third kappa shape index (κ3) is 3.52. The van der Waals surface area contributed by atoms with Crippen molar-refractivity contribution in [3.8, 4) is 5.69 Å². The molecule has 0 radical (unpaired) electrons. The Balaban J connectivity index is 1.46. The molecule has 2 amide bonds. The smallest absolute Gasteiger partial charge is 0.293 e. The van der Waals surface area contributed by atoms with Crippen molar-refractivity contribution in [3.63, 3.8) is 0 Å². The first kappa shape index (κ1) is 20.3. The Kier molecular flexibility index (Phi) is 5.15. The van der Waals surface area contributed by atoms with Crippen LogP contribution in [0.2, 0.25) is 0 Å². The molecule has 0 bridgehead atoms. The average molecular weight is 440 g/mol. The number of carbonyl (C=O) groups excluding carboxylic acids is 2. The summed E-state index contributed by atoms with van der Waals surface area (Å²) in [4.78, 5) is 31.7. The number of fused-ring (bicyclic) bond motifs is 1. The van der Waals surface area contributed by atoms with Gasteiger partial charge in [0.25, 0.3) is 11.1 Å². The Morgan fingerprint density at radius 3 is 2.53 bits per heavy atom. The summed E-state index contributed by atoms with van der Waals surface area (Å²) in [6.45, 7) is 4.30. The first-order valence-corrected chi connectivity index (χ1v) is 11.2. The Morgan fingerprint density at radius 1 is 0.969 bits per heavy atom. The van der Waals surface area contributed by atoms with E-state index in [1.807, 2.05) is 80.6 Å². The van der Waals surface area contributed by atoms with Gasteiger partial charge in [0.1, 0.15) is 0 Å². The predicted octanol–water partition coefficient (Wildman–Crippen LogP) is 5.88. The summed E-state index contributed by atoms with van der Waals surface area (Å²) in [7, 11) is 0. The minimum atomic E-state index is -0.248. The van der Waals surface area contributed by atoms with Gasteiger partial charge in [-0.3, -0.25) is 19.5 Å². The summed E-state index contributed by atoms with van der Waals surface area (Å²) in [5.41, 5.74) is 4.96. The van der Waals surface area contributed by atoms with E-state index >= 15 is 0 Å². The van der Waals surface area contributed by atoms with Crippen LogP contribution in [0.5, 0.6) is 0 Å². The molecule has 5 nitrogen and oxygen atoms in total. The normalized spacial score (nSPS) is 15.3. The van der Waals surface area contributed by atoms with E-state index in [1.165, 1.54) is 4.90 Å². The van der Waals surface area contributed by atoms with Crippen molar-refractivity contribution in [2.75, 3.05) is 0 Å². The quantitative estimate of drug-likeness (QED) is 0.373. The standard InChI is InChI=1S/C26H21N3O2S/c1-17-14-21(18(2)29(17)22-10-12-27-13-11-22)15-24-25(30)28(26(31)32-24)16-20-8-5-7-19-6-3-4-9-23(19)20/h3-15H,16H2,1-2H3/b24-15+. The number of hydrogen-bond donors (Lipinski definition) is 0. The van der Waals surface area contributed by atoms with Crippen LogP contribution in [0.1, 0.15) is 22.5 Å². The number of benzene rings is 2. The molecule has 32 heavy (non-hydrogen) atoms. The largest absolute Gasteiger partial charge is 0.318 e.